The number of methoxy groups -OCH3 is 1. The van der Waals surface area contributed by atoms with Crippen molar-refractivity contribution in [2.45, 2.75) is 13.0 Å². The molecule has 3 aromatic carbocycles. The van der Waals surface area contributed by atoms with Gasteiger partial charge in [0.05, 0.1) is 13.2 Å². The van der Waals surface area contributed by atoms with Crippen LogP contribution in [0.5, 0.6) is 5.75 Å². The molecular formula is C22H21NO2. The van der Waals surface area contributed by atoms with Gasteiger partial charge in [0.25, 0.3) is 5.91 Å². The van der Waals surface area contributed by atoms with E-state index in [9.17, 15) is 4.79 Å². The lowest BCUT2D eigenvalue weighted by Crippen LogP contribution is -2.26. The normalized spacial score (nSPS) is 11.6. The zero-order valence-electron chi connectivity index (χ0n) is 14.4. The molecule has 3 heteroatoms. The number of ether oxygens (including phenoxy) is 1. The molecule has 3 aromatic rings. The third kappa shape index (κ3) is 3.89. The molecule has 0 fully saturated rings. The molecule has 0 aliphatic rings. The SMILES string of the molecule is COc1ccccc1C(C)NC(=O)c1ccc(-c2ccccc2)cc1. The molecule has 0 spiro atoms. The number of carbonyl (C=O) groups excluding carboxylic acids is 1. The van der Waals surface area contributed by atoms with Gasteiger partial charge in [-0.1, -0.05) is 60.7 Å². The average molecular weight is 331 g/mol. The Balaban J connectivity index is 1.73. The van der Waals surface area contributed by atoms with Crippen LogP contribution < -0.4 is 10.1 Å². The number of carbonyl (C=O) groups is 1. The summed E-state index contributed by atoms with van der Waals surface area (Å²) < 4.78 is 5.37. The summed E-state index contributed by atoms with van der Waals surface area (Å²) in [5.74, 6) is 0.674. The summed E-state index contributed by atoms with van der Waals surface area (Å²) in [6.07, 6.45) is 0. The Morgan fingerprint density at radius 3 is 2.12 bits per heavy atom. The summed E-state index contributed by atoms with van der Waals surface area (Å²) in [5, 5.41) is 3.03. The van der Waals surface area contributed by atoms with Gasteiger partial charge in [0.2, 0.25) is 0 Å². The van der Waals surface area contributed by atoms with E-state index in [0.29, 0.717) is 5.56 Å². The minimum atomic E-state index is -0.141. The molecule has 1 amide bonds. The fourth-order valence-corrected chi connectivity index (χ4v) is 2.83. The minimum absolute atomic E-state index is 0.0991. The van der Waals surface area contributed by atoms with Crippen LogP contribution in [0, 0.1) is 0 Å². The molecule has 0 saturated carbocycles. The predicted octanol–water partition coefficient (Wildman–Crippen LogP) is 4.85. The zero-order chi connectivity index (χ0) is 17.6. The topological polar surface area (TPSA) is 38.3 Å². The van der Waals surface area contributed by atoms with Gasteiger partial charge in [-0.2, -0.15) is 0 Å². The van der Waals surface area contributed by atoms with Crippen molar-refractivity contribution < 1.29 is 9.53 Å². The van der Waals surface area contributed by atoms with Crippen molar-refractivity contribution in [3.8, 4) is 16.9 Å². The zero-order valence-corrected chi connectivity index (χ0v) is 14.4. The second-order valence-electron chi connectivity index (χ2n) is 5.88. The molecule has 1 atom stereocenters. The quantitative estimate of drug-likeness (QED) is 0.725. The van der Waals surface area contributed by atoms with E-state index < -0.39 is 0 Å². The number of nitrogens with one attached hydrogen (secondary N) is 1. The Morgan fingerprint density at radius 1 is 0.840 bits per heavy atom. The predicted molar refractivity (Wildman–Crippen MR) is 101 cm³/mol. The van der Waals surface area contributed by atoms with Crippen molar-refractivity contribution in [3.63, 3.8) is 0 Å². The summed E-state index contributed by atoms with van der Waals surface area (Å²) in [5.41, 5.74) is 3.83. The minimum Gasteiger partial charge on any atom is -0.496 e. The van der Waals surface area contributed by atoms with Crippen molar-refractivity contribution in [2.24, 2.45) is 0 Å². The maximum absolute atomic E-state index is 12.5. The molecule has 3 rings (SSSR count). The van der Waals surface area contributed by atoms with E-state index in [2.05, 4.69) is 17.4 Å². The van der Waals surface area contributed by atoms with Crippen LogP contribution in [0.4, 0.5) is 0 Å². The third-order valence-electron chi connectivity index (χ3n) is 4.21. The Morgan fingerprint density at radius 2 is 1.44 bits per heavy atom. The highest BCUT2D eigenvalue weighted by atomic mass is 16.5. The van der Waals surface area contributed by atoms with Gasteiger partial charge in [0.1, 0.15) is 5.75 Å². The lowest BCUT2D eigenvalue weighted by molar-refractivity contribution is 0.0939. The molecule has 0 aliphatic heterocycles. The monoisotopic (exact) mass is 331 g/mol. The number of amides is 1. The highest BCUT2D eigenvalue weighted by molar-refractivity contribution is 5.95. The summed E-state index contributed by atoms with van der Waals surface area (Å²) >= 11 is 0. The van der Waals surface area contributed by atoms with Gasteiger partial charge in [-0.3, -0.25) is 4.79 Å². The first-order chi connectivity index (χ1) is 12.2. The smallest absolute Gasteiger partial charge is 0.251 e. The van der Waals surface area contributed by atoms with Crippen LogP contribution in [0.25, 0.3) is 11.1 Å². The fraction of sp³-hybridized carbons (Fsp3) is 0.136. The van der Waals surface area contributed by atoms with Gasteiger partial charge in [0.15, 0.2) is 0 Å². The number of benzene rings is 3. The highest BCUT2D eigenvalue weighted by Gasteiger charge is 2.14. The first-order valence-corrected chi connectivity index (χ1v) is 8.28. The van der Waals surface area contributed by atoms with E-state index in [-0.39, 0.29) is 11.9 Å². The van der Waals surface area contributed by atoms with Crippen LogP contribution in [-0.2, 0) is 0 Å². The van der Waals surface area contributed by atoms with Crippen LogP contribution in [0.1, 0.15) is 28.9 Å². The second-order valence-corrected chi connectivity index (χ2v) is 5.88. The van der Waals surface area contributed by atoms with Crippen molar-refractivity contribution in [2.75, 3.05) is 7.11 Å². The largest absolute Gasteiger partial charge is 0.496 e. The third-order valence-corrected chi connectivity index (χ3v) is 4.21. The van der Waals surface area contributed by atoms with Crippen LogP contribution in [0.3, 0.4) is 0 Å². The van der Waals surface area contributed by atoms with Gasteiger partial charge in [0, 0.05) is 11.1 Å². The molecule has 25 heavy (non-hydrogen) atoms. The van der Waals surface area contributed by atoms with Crippen molar-refractivity contribution in [1.82, 2.24) is 5.32 Å². The van der Waals surface area contributed by atoms with Crippen molar-refractivity contribution in [1.29, 1.82) is 0 Å². The van der Waals surface area contributed by atoms with Crippen LogP contribution in [0.15, 0.2) is 78.9 Å². The van der Waals surface area contributed by atoms with E-state index in [4.69, 9.17) is 4.74 Å². The molecule has 126 valence electrons. The van der Waals surface area contributed by atoms with E-state index in [1.54, 1.807) is 7.11 Å². The molecule has 0 radical (unpaired) electrons. The van der Waals surface area contributed by atoms with Gasteiger partial charge in [-0.05, 0) is 36.2 Å². The second kappa shape index (κ2) is 7.67. The van der Waals surface area contributed by atoms with Crippen LogP contribution in [0.2, 0.25) is 0 Å². The molecule has 1 N–H and O–H groups in total. The number of rotatable bonds is 5. The fourth-order valence-electron chi connectivity index (χ4n) is 2.83. The standard InChI is InChI=1S/C22H21NO2/c1-16(20-10-6-7-11-21(20)25-2)23-22(24)19-14-12-18(13-15-19)17-8-4-3-5-9-17/h3-16H,1-2H3,(H,23,24). The van der Waals surface area contributed by atoms with Gasteiger partial charge in [-0.25, -0.2) is 0 Å². The maximum atomic E-state index is 12.5. The lowest BCUT2D eigenvalue weighted by Gasteiger charge is -2.17. The van der Waals surface area contributed by atoms with E-state index in [1.807, 2.05) is 73.7 Å². The molecule has 3 nitrogen and oxygen atoms in total. The highest BCUT2D eigenvalue weighted by Crippen LogP contribution is 2.25. The van der Waals surface area contributed by atoms with Gasteiger partial charge < -0.3 is 10.1 Å². The van der Waals surface area contributed by atoms with E-state index in [1.165, 1.54) is 0 Å². The molecule has 0 heterocycles. The number of para-hydroxylation sites is 1. The van der Waals surface area contributed by atoms with Crippen molar-refractivity contribution in [3.05, 3.63) is 90.0 Å². The average Bonchev–Trinajstić information content (AvgIpc) is 2.68. The molecule has 0 aromatic heterocycles. The number of hydrogen-bond donors (Lipinski definition) is 1. The van der Waals surface area contributed by atoms with E-state index >= 15 is 0 Å². The molecule has 0 saturated heterocycles. The van der Waals surface area contributed by atoms with E-state index in [0.717, 1.165) is 22.4 Å². The summed E-state index contributed by atoms with van der Waals surface area (Å²) in [7, 11) is 1.63. The van der Waals surface area contributed by atoms with Gasteiger partial charge in [-0.15, -0.1) is 0 Å². The first-order valence-electron chi connectivity index (χ1n) is 8.28. The Hall–Kier alpha value is -3.07. The molecule has 0 bridgehead atoms. The molecule has 0 aliphatic carbocycles. The lowest BCUT2D eigenvalue weighted by atomic mass is 10.0. The molecule has 1 unspecified atom stereocenters. The molecular weight excluding hydrogens is 310 g/mol. The van der Waals surface area contributed by atoms with Crippen LogP contribution in [-0.4, -0.2) is 13.0 Å². The van der Waals surface area contributed by atoms with Crippen molar-refractivity contribution >= 4 is 5.91 Å². The van der Waals surface area contributed by atoms with Gasteiger partial charge >= 0.3 is 0 Å². The summed E-state index contributed by atoms with van der Waals surface area (Å²) in [6, 6.07) is 25.3. The maximum Gasteiger partial charge on any atom is 0.251 e. The van der Waals surface area contributed by atoms with Crippen LogP contribution >= 0.6 is 0 Å². The summed E-state index contributed by atoms with van der Waals surface area (Å²) in [4.78, 5) is 12.5. The summed E-state index contributed by atoms with van der Waals surface area (Å²) in [6.45, 7) is 1.95. The Labute approximate surface area is 148 Å². The Kier molecular flexibility index (Phi) is 5.14. The number of hydrogen-bond acceptors (Lipinski definition) is 2. The first kappa shape index (κ1) is 16.8. The Bertz CT molecular complexity index is 841.